The van der Waals surface area contributed by atoms with Crippen molar-refractivity contribution in [3.8, 4) is 0 Å². The Morgan fingerprint density at radius 3 is 0.833 bits per heavy atom. The molecule has 0 spiro atoms. The van der Waals surface area contributed by atoms with Crippen LogP contribution in [0, 0.1) is 0 Å². The van der Waals surface area contributed by atoms with E-state index < -0.39 is 10.9 Å². The van der Waals surface area contributed by atoms with Crippen molar-refractivity contribution in [2.45, 2.75) is 0 Å². The van der Waals surface area contributed by atoms with Crippen LogP contribution in [0.1, 0.15) is 0 Å². The Bertz CT molecular complexity index is 21.0. The second-order valence-electron chi connectivity index (χ2n) is 0.429. The maximum Gasteiger partial charge on any atom is 4.00 e. The Hall–Kier alpha value is 3.69. The monoisotopic (exact) mass is 495 g/mol. The first-order valence-corrected chi connectivity index (χ1v) is 23.2. The van der Waals surface area contributed by atoms with Crippen LogP contribution in [0.3, 0.4) is 0 Å². The molecule has 32 valence electrons. The van der Waals surface area contributed by atoms with Crippen molar-refractivity contribution in [2.24, 2.45) is 0 Å². The van der Waals surface area contributed by atoms with E-state index in [1.54, 1.807) is 0 Å². The van der Waals surface area contributed by atoms with Crippen LogP contribution in [0.15, 0.2) is 0 Å². The first-order chi connectivity index (χ1) is 2.00. The summed E-state index contributed by atoms with van der Waals surface area (Å²) in [6.07, 6.45) is 0. The molecule has 0 aliphatic carbocycles. The maximum atomic E-state index is 3.34. The molecule has 0 N–H and O–H groups in total. The summed E-state index contributed by atoms with van der Waals surface area (Å²) in [5, 5.41) is 0. The Kier molecular flexibility index (Phi) is 11.3. The topological polar surface area (TPSA) is 0 Å². The second-order valence-corrected chi connectivity index (χ2v) is 68.5. The number of rotatable bonds is 0. The van der Waals surface area contributed by atoms with E-state index in [2.05, 4.69) is 48.9 Å². The van der Waals surface area contributed by atoms with Crippen LogP contribution in [0.25, 0.3) is 0 Å². The van der Waals surface area contributed by atoms with Crippen LogP contribution in [0.5, 0.6) is 0 Å². The van der Waals surface area contributed by atoms with Gasteiger partial charge in [-0.05, 0) is 0 Å². The van der Waals surface area contributed by atoms with E-state index in [0.29, 0.717) is 0 Å². The average Bonchev–Trinajstić information content (AvgIpc) is 0.722. The first-order valence-electron chi connectivity index (χ1n) is 0.756. The van der Waals surface area contributed by atoms with Crippen LogP contribution >= 0.6 is 48.9 Å². The van der Waals surface area contributed by atoms with Crippen molar-refractivity contribution in [1.82, 2.24) is 0 Å². The predicted octanol–water partition coefficient (Wildman–Crippen LogP) is 3.38. The minimum absolute atomic E-state index is 0. The number of hydrogen-bond donors (Lipinski definition) is 0. The van der Waals surface area contributed by atoms with Gasteiger partial charge in [-0.2, -0.15) is 0 Å². The third-order valence-electron chi connectivity index (χ3n) is 0. The molecule has 0 atom stereocenters. The summed E-state index contributed by atoms with van der Waals surface area (Å²) in [4.78, 5) is 0. The summed E-state index contributed by atoms with van der Waals surface area (Å²) in [7, 11) is -1.93. The summed E-state index contributed by atoms with van der Waals surface area (Å²) >= 11 is 13.3. The average molecular weight is 502 g/mol. The van der Waals surface area contributed by atoms with Crippen LogP contribution in [-0.4, -0.2) is 0 Å². The zero-order chi connectivity index (χ0) is 4.50. The fourth-order valence-electron chi connectivity index (χ4n) is 0. The third kappa shape index (κ3) is 25.3. The van der Waals surface area contributed by atoms with Gasteiger partial charge in [-0.3, -0.25) is 0 Å². The summed E-state index contributed by atoms with van der Waals surface area (Å²) in [6, 6.07) is 0. The zero-order valence-corrected chi connectivity index (χ0v) is 13.8. The SMILES string of the molecule is [Br][Zr]([Br])([Br])[Br].[Zr+4]. The molecule has 0 aromatic heterocycles. The summed E-state index contributed by atoms with van der Waals surface area (Å²) in [5.74, 6) is 0. The molecular formula is Br4Zr2+4. The van der Waals surface area contributed by atoms with E-state index >= 15 is 0 Å². The molecule has 0 aromatic rings. The number of halogens is 4. The fraction of sp³-hybridized carbons (Fsp3) is 0. The molecule has 0 aliphatic rings. The predicted molar refractivity (Wildman–Crippen MR) is 35.7 cm³/mol. The van der Waals surface area contributed by atoms with Gasteiger partial charge in [0.05, 0.1) is 0 Å². The normalized spacial score (nSPS) is 10.0. The van der Waals surface area contributed by atoms with Crippen molar-refractivity contribution >= 4 is 48.9 Å². The van der Waals surface area contributed by atoms with Gasteiger partial charge in [-0.15, -0.1) is 0 Å². The van der Waals surface area contributed by atoms with Crippen molar-refractivity contribution in [1.29, 1.82) is 0 Å². The molecule has 0 aromatic carbocycles. The summed E-state index contributed by atoms with van der Waals surface area (Å²) < 4.78 is 0. The zero-order valence-electron chi connectivity index (χ0n) is 2.51. The quantitative estimate of drug-likeness (QED) is 0.477. The van der Waals surface area contributed by atoms with Gasteiger partial charge < -0.3 is 0 Å². The van der Waals surface area contributed by atoms with E-state index in [4.69, 9.17) is 0 Å². The summed E-state index contributed by atoms with van der Waals surface area (Å²) in [5.41, 5.74) is 0. The molecule has 6 heavy (non-hydrogen) atoms. The molecule has 0 fully saturated rings. The second kappa shape index (κ2) is 5.47. The van der Waals surface area contributed by atoms with Crippen molar-refractivity contribution in [3.63, 3.8) is 0 Å². The summed E-state index contributed by atoms with van der Waals surface area (Å²) in [6.45, 7) is 0. The molecule has 6 heteroatoms. The van der Waals surface area contributed by atoms with Gasteiger partial charge in [-0.1, -0.05) is 0 Å². The van der Waals surface area contributed by atoms with Gasteiger partial charge >= 0.3 is 85.9 Å². The Morgan fingerprint density at radius 1 is 0.833 bits per heavy atom. The fourth-order valence-corrected chi connectivity index (χ4v) is 0. The molecule has 0 nitrogen and oxygen atoms in total. The minimum Gasteiger partial charge on any atom is 4.00 e. The van der Waals surface area contributed by atoms with E-state index in [1.165, 1.54) is 0 Å². The van der Waals surface area contributed by atoms with Gasteiger partial charge in [0.1, 0.15) is 0 Å². The smallest absolute Gasteiger partial charge is 4.00 e. The van der Waals surface area contributed by atoms with Gasteiger partial charge in [-0.25, -0.2) is 0 Å². The maximum absolute atomic E-state index is 3.34. The van der Waals surface area contributed by atoms with E-state index in [0.717, 1.165) is 0 Å². The van der Waals surface area contributed by atoms with Gasteiger partial charge in [0, 0.05) is 0 Å². The van der Waals surface area contributed by atoms with E-state index in [-0.39, 0.29) is 26.2 Å². The first kappa shape index (κ1) is 12.4. The molecule has 0 rings (SSSR count). The third-order valence-corrected chi connectivity index (χ3v) is 0. The minimum atomic E-state index is -1.93. The van der Waals surface area contributed by atoms with Crippen molar-refractivity contribution in [2.75, 3.05) is 0 Å². The van der Waals surface area contributed by atoms with Gasteiger partial charge in [0.25, 0.3) is 0 Å². The molecular weight excluding hydrogens is 502 g/mol. The molecule has 0 bridgehead atoms. The van der Waals surface area contributed by atoms with Crippen LogP contribution in [0.2, 0.25) is 0 Å². The van der Waals surface area contributed by atoms with Crippen molar-refractivity contribution in [3.05, 3.63) is 0 Å². The molecule has 0 amide bonds. The van der Waals surface area contributed by atoms with Crippen molar-refractivity contribution < 1.29 is 37.1 Å². The molecule has 0 unspecified atom stereocenters. The van der Waals surface area contributed by atoms with Crippen LogP contribution < -0.4 is 0 Å². The van der Waals surface area contributed by atoms with Crippen LogP contribution in [0.4, 0.5) is 0 Å². The molecule has 0 aliphatic heterocycles. The Morgan fingerprint density at radius 2 is 0.833 bits per heavy atom. The largest absolute Gasteiger partial charge is 4.00 e. The molecule has 0 heterocycles. The van der Waals surface area contributed by atoms with Crippen LogP contribution in [-0.2, 0) is 37.1 Å². The van der Waals surface area contributed by atoms with Gasteiger partial charge in [0.2, 0.25) is 0 Å². The Labute approximate surface area is 83.5 Å². The Balaban J connectivity index is 0. The molecule has 0 radical (unpaired) electrons. The van der Waals surface area contributed by atoms with Gasteiger partial charge in [0.15, 0.2) is 0 Å². The van der Waals surface area contributed by atoms with E-state index in [9.17, 15) is 0 Å². The standard InChI is InChI=1S/4BrH.2Zr/h4*1H;;/q;;;;2*+4/p-4. The molecule has 0 saturated carbocycles. The van der Waals surface area contributed by atoms with E-state index in [1.807, 2.05) is 0 Å². The molecule has 0 saturated heterocycles. The number of hydrogen-bond acceptors (Lipinski definition) is 0.